The number of amides is 1. The number of halogens is 1. The third-order valence-electron chi connectivity index (χ3n) is 1.73. The normalized spacial score (nSPS) is 9.73. The molecule has 0 aliphatic heterocycles. The Hall–Kier alpha value is -1.82. The highest BCUT2D eigenvalue weighted by molar-refractivity contribution is 6.33. The summed E-state index contributed by atoms with van der Waals surface area (Å²) in [6.07, 6.45) is 0. The predicted molar refractivity (Wildman–Crippen MR) is 53.2 cm³/mol. The number of nitro benzene ring substituents is 1. The van der Waals surface area contributed by atoms with E-state index in [0.717, 1.165) is 6.07 Å². The summed E-state index contributed by atoms with van der Waals surface area (Å²) >= 11 is 5.69. The van der Waals surface area contributed by atoms with Crippen molar-refractivity contribution in [1.29, 1.82) is 0 Å². The monoisotopic (exact) mass is 230 g/mol. The van der Waals surface area contributed by atoms with Gasteiger partial charge in [0.2, 0.25) is 0 Å². The number of ether oxygens (including phenoxy) is 1. The van der Waals surface area contributed by atoms with Crippen LogP contribution in [0.5, 0.6) is 5.75 Å². The maximum atomic E-state index is 11.0. The molecule has 0 fully saturated rings. The van der Waals surface area contributed by atoms with E-state index in [-0.39, 0.29) is 16.3 Å². The molecule has 0 radical (unpaired) electrons. The Morgan fingerprint density at radius 3 is 2.60 bits per heavy atom. The van der Waals surface area contributed by atoms with Crippen LogP contribution < -0.4 is 10.5 Å². The van der Waals surface area contributed by atoms with E-state index in [0.29, 0.717) is 0 Å². The summed E-state index contributed by atoms with van der Waals surface area (Å²) in [6, 6.07) is 2.37. The largest absolute Gasteiger partial charge is 0.494 e. The van der Waals surface area contributed by atoms with Crippen molar-refractivity contribution in [3.8, 4) is 5.75 Å². The van der Waals surface area contributed by atoms with Crippen LogP contribution in [0.15, 0.2) is 12.1 Å². The van der Waals surface area contributed by atoms with Crippen molar-refractivity contribution in [2.45, 2.75) is 0 Å². The van der Waals surface area contributed by atoms with E-state index in [1.54, 1.807) is 0 Å². The molecule has 0 aliphatic rings. The zero-order valence-electron chi connectivity index (χ0n) is 7.69. The van der Waals surface area contributed by atoms with Gasteiger partial charge in [-0.25, -0.2) is 0 Å². The Labute approximate surface area is 89.7 Å². The second-order valence-corrected chi connectivity index (χ2v) is 3.00. The number of carbonyl (C=O) groups excluding carboxylic acids is 1. The van der Waals surface area contributed by atoms with Crippen LogP contribution in [-0.2, 0) is 0 Å². The lowest BCUT2D eigenvalue weighted by Crippen LogP contribution is -2.15. The van der Waals surface area contributed by atoms with Crippen molar-refractivity contribution in [3.63, 3.8) is 0 Å². The first-order valence-electron chi connectivity index (χ1n) is 3.79. The Kier molecular flexibility index (Phi) is 3.11. The molecule has 1 aromatic rings. The first kappa shape index (κ1) is 11.3. The molecule has 7 heteroatoms. The van der Waals surface area contributed by atoms with Crippen molar-refractivity contribution in [2.24, 2.45) is 5.73 Å². The molecular weight excluding hydrogens is 224 g/mol. The second kappa shape index (κ2) is 4.14. The number of nitro groups is 1. The molecule has 0 bridgehead atoms. The summed E-state index contributed by atoms with van der Waals surface area (Å²) in [5, 5.41) is 10.7. The molecule has 80 valence electrons. The lowest BCUT2D eigenvalue weighted by molar-refractivity contribution is -0.385. The van der Waals surface area contributed by atoms with Gasteiger partial charge < -0.3 is 10.5 Å². The summed E-state index contributed by atoms with van der Waals surface area (Å²) in [6.45, 7) is 0. The SMILES string of the molecule is COc1c(Cl)ccc([N+](=O)[O-])c1C(N)=O. The molecule has 1 aromatic carbocycles. The maximum absolute atomic E-state index is 11.0. The summed E-state index contributed by atoms with van der Waals surface area (Å²) in [7, 11) is 1.25. The van der Waals surface area contributed by atoms with Gasteiger partial charge in [-0.3, -0.25) is 14.9 Å². The fourth-order valence-electron chi connectivity index (χ4n) is 1.14. The number of methoxy groups -OCH3 is 1. The van der Waals surface area contributed by atoms with Gasteiger partial charge in [0.05, 0.1) is 17.1 Å². The van der Waals surface area contributed by atoms with E-state index in [2.05, 4.69) is 0 Å². The smallest absolute Gasteiger partial charge is 0.286 e. The minimum absolute atomic E-state index is 0.0848. The summed E-state index contributed by atoms with van der Waals surface area (Å²) < 4.78 is 4.79. The second-order valence-electron chi connectivity index (χ2n) is 2.60. The Morgan fingerprint density at radius 2 is 2.20 bits per heavy atom. The van der Waals surface area contributed by atoms with E-state index in [1.807, 2.05) is 0 Å². The van der Waals surface area contributed by atoms with Crippen molar-refractivity contribution in [2.75, 3.05) is 7.11 Å². The summed E-state index contributed by atoms with van der Waals surface area (Å²) in [5.41, 5.74) is 4.26. The number of hydrogen-bond acceptors (Lipinski definition) is 4. The fourth-order valence-corrected chi connectivity index (χ4v) is 1.37. The highest BCUT2D eigenvalue weighted by Crippen LogP contribution is 2.34. The Balaban J connectivity index is 3.56. The molecule has 0 aliphatic carbocycles. The van der Waals surface area contributed by atoms with E-state index in [4.69, 9.17) is 22.1 Å². The minimum atomic E-state index is -0.957. The van der Waals surface area contributed by atoms with Crippen LogP contribution in [0.25, 0.3) is 0 Å². The van der Waals surface area contributed by atoms with Gasteiger partial charge in [-0.1, -0.05) is 11.6 Å². The molecule has 0 atom stereocenters. The van der Waals surface area contributed by atoms with Crippen molar-refractivity contribution >= 4 is 23.2 Å². The van der Waals surface area contributed by atoms with Crippen LogP contribution in [0.1, 0.15) is 10.4 Å². The van der Waals surface area contributed by atoms with Crippen LogP contribution in [0.4, 0.5) is 5.69 Å². The molecule has 0 saturated carbocycles. The van der Waals surface area contributed by atoms with Gasteiger partial charge in [0.1, 0.15) is 0 Å². The van der Waals surface area contributed by atoms with Crippen molar-refractivity contribution in [1.82, 2.24) is 0 Å². The zero-order chi connectivity index (χ0) is 11.6. The fraction of sp³-hybridized carbons (Fsp3) is 0.125. The van der Waals surface area contributed by atoms with Crippen LogP contribution in [0, 0.1) is 10.1 Å². The van der Waals surface area contributed by atoms with E-state index in [1.165, 1.54) is 13.2 Å². The van der Waals surface area contributed by atoms with Gasteiger partial charge in [-0.2, -0.15) is 0 Å². The molecule has 1 amide bonds. The first-order valence-corrected chi connectivity index (χ1v) is 4.17. The third kappa shape index (κ3) is 1.99. The average molecular weight is 231 g/mol. The van der Waals surface area contributed by atoms with Crippen LogP contribution in [0.3, 0.4) is 0 Å². The molecule has 0 aromatic heterocycles. The third-order valence-corrected chi connectivity index (χ3v) is 2.03. The number of rotatable bonds is 3. The molecule has 0 spiro atoms. The standard InChI is InChI=1S/C8H7ClN2O4/c1-15-7-4(9)2-3-5(11(13)14)6(7)8(10)12/h2-3H,1H3,(H2,10,12). The lowest BCUT2D eigenvalue weighted by Gasteiger charge is -2.07. The Bertz CT molecular complexity index is 433. The van der Waals surface area contributed by atoms with Crippen molar-refractivity contribution in [3.05, 3.63) is 32.8 Å². The average Bonchev–Trinajstić information content (AvgIpc) is 2.16. The zero-order valence-corrected chi connectivity index (χ0v) is 8.45. The lowest BCUT2D eigenvalue weighted by atomic mass is 10.1. The summed E-state index contributed by atoms with van der Waals surface area (Å²) in [4.78, 5) is 20.9. The number of carbonyl (C=O) groups is 1. The van der Waals surface area contributed by atoms with Gasteiger partial charge in [0.25, 0.3) is 11.6 Å². The Morgan fingerprint density at radius 1 is 1.60 bits per heavy atom. The van der Waals surface area contributed by atoms with Gasteiger partial charge in [-0.05, 0) is 6.07 Å². The quantitative estimate of drug-likeness (QED) is 0.626. The van der Waals surface area contributed by atoms with E-state index >= 15 is 0 Å². The number of nitrogens with two attached hydrogens (primary N) is 1. The van der Waals surface area contributed by atoms with Gasteiger partial charge in [0, 0.05) is 6.07 Å². The number of benzene rings is 1. The van der Waals surface area contributed by atoms with Crippen molar-refractivity contribution < 1.29 is 14.5 Å². The number of nitrogens with zero attached hydrogens (tertiary/aromatic N) is 1. The van der Waals surface area contributed by atoms with Gasteiger partial charge in [-0.15, -0.1) is 0 Å². The molecule has 2 N–H and O–H groups in total. The van der Waals surface area contributed by atoms with E-state index < -0.39 is 16.5 Å². The minimum Gasteiger partial charge on any atom is -0.494 e. The maximum Gasteiger partial charge on any atom is 0.286 e. The molecule has 0 unspecified atom stereocenters. The highest BCUT2D eigenvalue weighted by Gasteiger charge is 2.25. The van der Waals surface area contributed by atoms with Gasteiger partial charge >= 0.3 is 0 Å². The van der Waals surface area contributed by atoms with E-state index in [9.17, 15) is 14.9 Å². The van der Waals surface area contributed by atoms with Gasteiger partial charge in [0.15, 0.2) is 11.3 Å². The first-order chi connectivity index (χ1) is 6.99. The molecule has 6 nitrogen and oxygen atoms in total. The molecule has 0 saturated heterocycles. The molecular formula is C8H7ClN2O4. The molecule has 15 heavy (non-hydrogen) atoms. The molecule has 0 heterocycles. The topological polar surface area (TPSA) is 95.5 Å². The number of primary amides is 1. The number of hydrogen-bond donors (Lipinski definition) is 1. The van der Waals surface area contributed by atoms with Crippen LogP contribution in [0.2, 0.25) is 5.02 Å². The van der Waals surface area contributed by atoms with Crippen LogP contribution in [-0.4, -0.2) is 17.9 Å². The highest BCUT2D eigenvalue weighted by atomic mass is 35.5. The predicted octanol–water partition coefficient (Wildman–Crippen LogP) is 1.36. The molecule has 1 rings (SSSR count). The summed E-state index contributed by atoms with van der Waals surface area (Å²) in [5.74, 6) is -1.04. The van der Waals surface area contributed by atoms with Crippen LogP contribution >= 0.6 is 11.6 Å².